The molecule has 0 bridgehead atoms. The number of nitrogens with zero attached hydrogens (tertiary/aromatic N) is 1. The number of carbonyl (C=O) groups is 1. The van der Waals surface area contributed by atoms with E-state index in [4.69, 9.17) is 12.2 Å². The highest BCUT2D eigenvalue weighted by molar-refractivity contribution is 7.80. The number of amides is 1. The summed E-state index contributed by atoms with van der Waals surface area (Å²) >= 11 is 5.13. The number of anilines is 1. The van der Waals surface area contributed by atoms with E-state index in [1.807, 2.05) is 0 Å². The molecular weight excluding hydrogens is 371 g/mol. The van der Waals surface area contributed by atoms with Gasteiger partial charge in [-0.3, -0.25) is 14.9 Å². The van der Waals surface area contributed by atoms with Crippen LogP contribution in [0.4, 0.5) is 15.8 Å². The number of halogens is 1. The summed E-state index contributed by atoms with van der Waals surface area (Å²) in [5, 5.41) is 19.6. The van der Waals surface area contributed by atoms with Crippen molar-refractivity contribution in [2.24, 2.45) is 5.92 Å². The Labute approximate surface area is 159 Å². The fraction of sp³-hybridized carbons (Fsp3) is 0.111. The van der Waals surface area contributed by atoms with Crippen molar-refractivity contribution in [3.63, 3.8) is 0 Å². The van der Waals surface area contributed by atoms with E-state index in [2.05, 4.69) is 22.5 Å². The van der Waals surface area contributed by atoms with Crippen LogP contribution in [0.2, 0.25) is 0 Å². The van der Waals surface area contributed by atoms with Gasteiger partial charge in [-0.25, -0.2) is 4.39 Å². The van der Waals surface area contributed by atoms with Gasteiger partial charge in [0.2, 0.25) is 5.91 Å². The summed E-state index contributed by atoms with van der Waals surface area (Å²) in [4.78, 5) is 23.4. The second-order valence-electron chi connectivity index (χ2n) is 5.90. The Kier molecular flexibility index (Phi) is 5.13. The van der Waals surface area contributed by atoms with Crippen molar-refractivity contribution < 1.29 is 14.1 Å². The molecule has 2 aromatic rings. The van der Waals surface area contributed by atoms with Gasteiger partial charge in [0.05, 0.1) is 16.7 Å². The molecular formula is C18H15FN4O3S. The van der Waals surface area contributed by atoms with E-state index in [1.165, 1.54) is 36.4 Å². The predicted octanol–water partition coefficient (Wildman–Crippen LogP) is 3.02. The van der Waals surface area contributed by atoms with Crippen molar-refractivity contribution in [3.05, 3.63) is 82.3 Å². The number of rotatable bonds is 4. The van der Waals surface area contributed by atoms with Crippen LogP contribution in [0.3, 0.4) is 0 Å². The number of hydrogen-bond donors (Lipinski definition) is 3. The van der Waals surface area contributed by atoms with Gasteiger partial charge in [0, 0.05) is 17.8 Å². The Morgan fingerprint density at radius 3 is 2.70 bits per heavy atom. The molecule has 1 aliphatic rings. The number of benzene rings is 2. The molecule has 0 saturated carbocycles. The summed E-state index contributed by atoms with van der Waals surface area (Å²) in [6.07, 6.45) is 0. The van der Waals surface area contributed by atoms with Crippen LogP contribution in [-0.2, 0) is 4.79 Å². The van der Waals surface area contributed by atoms with Gasteiger partial charge in [0.1, 0.15) is 11.7 Å². The Bertz CT molecular complexity index is 950. The molecule has 27 heavy (non-hydrogen) atoms. The van der Waals surface area contributed by atoms with Crippen LogP contribution in [0.25, 0.3) is 0 Å². The third-order valence-electron chi connectivity index (χ3n) is 4.12. The largest absolute Gasteiger partial charge is 0.354 e. The smallest absolute Gasteiger partial charge is 0.269 e. The van der Waals surface area contributed by atoms with Gasteiger partial charge in [0.25, 0.3) is 5.69 Å². The van der Waals surface area contributed by atoms with Gasteiger partial charge in [0.15, 0.2) is 5.11 Å². The first-order valence-corrected chi connectivity index (χ1v) is 8.33. The molecule has 1 aliphatic heterocycles. The maximum Gasteiger partial charge on any atom is 0.269 e. The highest BCUT2D eigenvalue weighted by Crippen LogP contribution is 2.32. The topological polar surface area (TPSA) is 96.3 Å². The standard InChI is InChI=1S/C18H15FN4O3S/c1-10-15(17(24)21-14-8-3-2-7-13(14)19)16(22-18(27)20-10)11-5-4-6-12(9-11)23(25)26/h2-9,15-16H,1H2,(H,21,24)(H2,20,22,27)/t15-,16+/m0/s1. The number of nitrogens with one attached hydrogen (secondary N) is 3. The minimum atomic E-state index is -0.877. The first kappa shape index (κ1) is 18.5. The van der Waals surface area contributed by atoms with Gasteiger partial charge in [-0.15, -0.1) is 0 Å². The molecule has 3 N–H and O–H groups in total. The number of nitro groups is 1. The number of carbonyl (C=O) groups excluding carboxylic acids is 1. The van der Waals surface area contributed by atoms with E-state index < -0.39 is 28.6 Å². The van der Waals surface area contributed by atoms with Crippen molar-refractivity contribution in [1.29, 1.82) is 0 Å². The van der Waals surface area contributed by atoms with E-state index in [9.17, 15) is 19.3 Å². The van der Waals surface area contributed by atoms with Crippen molar-refractivity contribution in [2.45, 2.75) is 6.04 Å². The molecule has 1 heterocycles. The average Bonchev–Trinajstić information content (AvgIpc) is 2.63. The summed E-state index contributed by atoms with van der Waals surface area (Å²) in [6, 6.07) is 11.0. The monoisotopic (exact) mass is 386 g/mol. The van der Waals surface area contributed by atoms with Crippen LogP contribution in [-0.4, -0.2) is 15.9 Å². The lowest BCUT2D eigenvalue weighted by Gasteiger charge is -2.35. The summed E-state index contributed by atoms with van der Waals surface area (Å²) < 4.78 is 13.9. The number of hydrogen-bond acceptors (Lipinski definition) is 4. The highest BCUT2D eigenvalue weighted by atomic mass is 32.1. The summed E-state index contributed by atoms with van der Waals surface area (Å²) in [6.45, 7) is 3.84. The quantitative estimate of drug-likeness (QED) is 0.425. The fourth-order valence-electron chi connectivity index (χ4n) is 2.88. The van der Waals surface area contributed by atoms with E-state index in [-0.39, 0.29) is 16.5 Å². The van der Waals surface area contributed by atoms with Gasteiger partial charge >= 0.3 is 0 Å². The molecule has 1 saturated heterocycles. The normalized spacial score (nSPS) is 19.0. The van der Waals surface area contributed by atoms with Crippen LogP contribution >= 0.6 is 12.2 Å². The number of non-ortho nitro benzene ring substituents is 1. The molecule has 138 valence electrons. The summed E-state index contributed by atoms with van der Waals surface area (Å²) in [5.74, 6) is -1.97. The van der Waals surface area contributed by atoms with Crippen LogP contribution in [0.1, 0.15) is 11.6 Å². The van der Waals surface area contributed by atoms with Crippen LogP contribution < -0.4 is 16.0 Å². The molecule has 3 rings (SSSR count). The molecule has 0 aliphatic carbocycles. The van der Waals surface area contributed by atoms with Crippen molar-refractivity contribution in [2.75, 3.05) is 5.32 Å². The third kappa shape index (κ3) is 3.93. The predicted molar refractivity (Wildman–Crippen MR) is 102 cm³/mol. The van der Waals surface area contributed by atoms with Crippen LogP contribution in [0.5, 0.6) is 0 Å². The average molecular weight is 386 g/mol. The second kappa shape index (κ2) is 7.50. The third-order valence-corrected chi connectivity index (χ3v) is 4.34. The minimum Gasteiger partial charge on any atom is -0.354 e. The van der Waals surface area contributed by atoms with E-state index in [0.717, 1.165) is 0 Å². The molecule has 0 aromatic heterocycles. The summed E-state index contributed by atoms with van der Waals surface area (Å²) in [5.41, 5.74) is 0.714. The van der Waals surface area contributed by atoms with E-state index in [0.29, 0.717) is 11.3 Å². The molecule has 1 fully saturated rings. The van der Waals surface area contributed by atoms with Crippen LogP contribution in [0.15, 0.2) is 60.8 Å². The molecule has 2 atom stereocenters. The minimum absolute atomic E-state index is 0.0289. The molecule has 0 spiro atoms. The van der Waals surface area contributed by atoms with Gasteiger partial charge < -0.3 is 16.0 Å². The lowest BCUT2D eigenvalue weighted by molar-refractivity contribution is -0.384. The van der Waals surface area contributed by atoms with E-state index >= 15 is 0 Å². The van der Waals surface area contributed by atoms with Crippen molar-refractivity contribution >= 4 is 34.6 Å². The number of thiocarbonyl (C=S) groups is 1. The molecule has 1 amide bonds. The Balaban J connectivity index is 1.95. The number of nitro benzene ring substituents is 1. The second-order valence-corrected chi connectivity index (χ2v) is 6.31. The van der Waals surface area contributed by atoms with Crippen LogP contribution in [0, 0.1) is 21.8 Å². The highest BCUT2D eigenvalue weighted by Gasteiger charge is 2.37. The first-order valence-electron chi connectivity index (χ1n) is 7.93. The Morgan fingerprint density at radius 1 is 1.26 bits per heavy atom. The van der Waals surface area contributed by atoms with Gasteiger partial charge in [-0.2, -0.15) is 0 Å². The fourth-order valence-corrected chi connectivity index (χ4v) is 3.13. The maximum absolute atomic E-state index is 13.9. The molecule has 9 heteroatoms. The van der Waals surface area contributed by atoms with Crippen molar-refractivity contribution in [1.82, 2.24) is 10.6 Å². The number of para-hydroxylation sites is 1. The van der Waals surface area contributed by atoms with Gasteiger partial charge in [-0.1, -0.05) is 30.8 Å². The lowest BCUT2D eigenvalue weighted by Crippen LogP contribution is -2.51. The van der Waals surface area contributed by atoms with Crippen molar-refractivity contribution in [3.8, 4) is 0 Å². The zero-order chi connectivity index (χ0) is 19.6. The first-order chi connectivity index (χ1) is 12.9. The summed E-state index contributed by atoms with van der Waals surface area (Å²) in [7, 11) is 0. The molecule has 0 unspecified atom stereocenters. The molecule has 2 aromatic carbocycles. The zero-order valence-corrected chi connectivity index (χ0v) is 14.8. The Morgan fingerprint density at radius 2 is 2.00 bits per heavy atom. The lowest BCUT2D eigenvalue weighted by atomic mass is 9.88. The van der Waals surface area contributed by atoms with Gasteiger partial charge in [-0.05, 0) is 29.9 Å². The SMILES string of the molecule is C=C1NC(=S)N[C@H](c2cccc([N+](=O)[O-])c2)[C@H]1C(=O)Nc1ccccc1F. The Hall–Kier alpha value is -3.33. The molecule has 7 nitrogen and oxygen atoms in total. The molecule has 0 radical (unpaired) electrons. The van der Waals surface area contributed by atoms with E-state index in [1.54, 1.807) is 12.1 Å². The zero-order valence-electron chi connectivity index (χ0n) is 13.9. The maximum atomic E-state index is 13.9.